The Morgan fingerprint density at radius 2 is 1.71 bits per heavy atom. The second-order valence-corrected chi connectivity index (χ2v) is 8.26. The molecule has 5 heteroatoms. The maximum Gasteiger partial charge on any atom is 0.200 e. The van der Waals surface area contributed by atoms with E-state index in [1.807, 2.05) is 0 Å². The molecule has 0 bridgehead atoms. The Kier molecular flexibility index (Phi) is 8.10. The van der Waals surface area contributed by atoms with E-state index in [1.165, 1.54) is 50.7 Å². The van der Waals surface area contributed by atoms with Gasteiger partial charge in [-0.1, -0.05) is 32.6 Å². The molecule has 1 aromatic rings. The van der Waals surface area contributed by atoms with Crippen LogP contribution in [0.2, 0.25) is 0 Å². The predicted octanol–water partition coefficient (Wildman–Crippen LogP) is 6.24. The van der Waals surface area contributed by atoms with Crippen molar-refractivity contribution in [3.8, 4) is 5.75 Å². The molecular formula is C23H34F2O3. The molecule has 3 rings (SSSR count). The first-order chi connectivity index (χ1) is 13.6. The van der Waals surface area contributed by atoms with E-state index < -0.39 is 11.6 Å². The lowest BCUT2D eigenvalue weighted by atomic mass is 9.73. The molecule has 0 radical (unpaired) electrons. The van der Waals surface area contributed by atoms with Crippen molar-refractivity contribution in [3.63, 3.8) is 0 Å². The lowest BCUT2D eigenvalue weighted by Gasteiger charge is -2.37. The van der Waals surface area contributed by atoms with Gasteiger partial charge in [0, 0.05) is 5.56 Å². The third-order valence-corrected chi connectivity index (χ3v) is 6.38. The summed E-state index contributed by atoms with van der Waals surface area (Å²) in [5.41, 5.74) is 0.195. The van der Waals surface area contributed by atoms with Crippen molar-refractivity contribution in [2.45, 2.75) is 78.1 Å². The van der Waals surface area contributed by atoms with Crippen molar-refractivity contribution >= 4 is 0 Å². The molecule has 2 aliphatic rings. The van der Waals surface area contributed by atoms with Gasteiger partial charge in [-0.15, -0.1) is 0 Å². The minimum Gasteiger partial charge on any atom is -0.491 e. The van der Waals surface area contributed by atoms with Crippen LogP contribution in [-0.4, -0.2) is 19.5 Å². The van der Waals surface area contributed by atoms with Crippen molar-refractivity contribution < 1.29 is 23.0 Å². The van der Waals surface area contributed by atoms with Gasteiger partial charge in [0.25, 0.3) is 0 Å². The van der Waals surface area contributed by atoms with Crippen molar-refractivity contribution in [2.24, 2.45) is 17.8 Å². The van der Waals surface area contributed by atoms with Crippen LogP contribution in [0.4, 0.5) is 8.78 Å². The zero-order valence-electron chi connectivity index (χ0n) is 17.2. The molecule has 1 aliphatic heterocycles. The molecule has 1 saturated heterocycles. The highest BCUT2D eigenvalue weighted by atomic mass is 19.2. The molecule has 0 aromatic heterocycles. The third kappa shape index (κ3) is 5.44. The molecule has 1 saturated carbocycles. The largest absolute Gasteiger partial charge is 0.491 e. The quantitative estimate of drug-likeness (QED) is 0.521. The van der Waals surface area contributed by atoms with Gasteiger partial charge in [0.2, 0.25) is 5.82 Å². The molecule has 0 amide bonds. The van der Waals surface area contributed by atoms with Crippen LogP contribution in [0.1, 0.15) is 70.8 Å². The lowest BCUT2D eigenvalue weighted by molar-refractivity contribution is -0.188. The molecular weight excluding hydrogens is 362 g/mol. The molecule has 2 atom stereocenters. The van der Waals surface area contributed by atoms with Crippen LogP contribution in [-0.2, 0) is 16.1 Å². The second kappa shape index (κ2) is 10.5. The smallest absolute Gasteiger partial charge is 0.200 e. The fraction of sp³-hybridized carbons (Fsp3) is 0.739. The minimum atomic E-state index is -0.953. The summed E-state index contributed by atoms with van der Waals surface area (Å²) in [5, 5.41) is 0. The number of rotatable bonds is 8. The summed E-state index contributed by atoms with van der Waals surface area (Å²) in [4.78, 5) is 0. The van der Waals surface area contributed by atoms with Crippen LogP contribution in [0.5, 0.6) is 5.75 Å². The molecule has 0 N–H and O–H groups in total. The zero-order chi connectivity index (χ0) is 19.9. The van der Waals surface area contributed by atoms with Gasteiger partial charge < -0.3 is 14.2 Å². The van der Waals surface area contributed by atoms with E-state index in [2.05, 4.69) is 6.92 Å². The molecule has 3 nitrogen and oxygen atoms in total. The van der Waals surface area contributed by atoms with Gasteiger partial charge in [0.15, 0.2) is 17.9 Å². The monoisotopic (exact) mass is 396 g/mol. The number of halogens is 2. The summed E-state index contributed by atoms with van der Waals surface area (Å²) >= 11 is 0. The minimum absolute atomic E-state index is 0.00657. The second-order valence-electron chi connectivity index (χ2n) is 8.26. The normalized spacial score (nSPS) is 28.3. The van der Waals surface area contributed by atoms with Gasteiger partial charge in [-0.25, -0.2) is 4.39 Å². The lowest BCUT2D eigenvalue weighted by Crippen LogP contribution is -2.33. The molecule has 0 spiro atoms. The van der Waals surface area contributed by atoms with Gasteiger partial charge in [-0.05, 0) is 62.5 Å². The number of hydrogen-bond donors (Lipinski definition) is 0. The summed E-state index contributed by atoms with van der Waals surface area (Å²) in [6.07, 6.45) is 9.60. The van der Waals surface area contributed by atoms with Gasteiger partial charge in [-0.3, -0.25) is 0 Å². The first-order valence-electron chi connectivity index (χ1n) is 10.9. The number of ether oxygens (including phenoxy) is 3. The third-order valence-electron chi connectivity index (χ3n) is 6.38. The number of hydrogen-bond acceptors (Lipinski definition) is 3. The zero-order valence-corrected chi connectivity index (χ0v) is 17.2. The molecule has 1 aliphatic carbocycles. The van der Waals surface area contributed by atoms with Crippen LogP contribution in [0.3, 0.4) is 0 Å². The Morgan fingerprint density at radius 1 is 0.964 bits per heavy atom. The number of benzene rings is 1. The summed E-state index contributed by atoms with van der Waals surface area (Å²) < 4.78 is 44.8. The summed E-state index contributed by atoms with van der Waals surface area (Å²) in [5.74, 6) is 0.393. The van der Waals surface area contributed by atoms with Gasteiger partial charge in [-0.2, -0.15) is 4.39 Å². The van der Waals surface area contributed by atoms with E-state index in [9.17, 15) is 8.78 Å². The summed E-state index contributed by atoms with van der Waals surface area (Å²) in [6, 6.07) is 2.97. The Hall–Kier alpha value is -1.20. The van der Waals surface area contributed by atoms with Gasteiger partial charge in [0.1, 0.15) is 0 Å². The maximum atomic E-state index is 14.2. The highest BCUT2D eigenvalue weighted by Crippen LogP contribution is 2.39. The van der Waals surface area contributed by atoms with Crippen LogP contribution >= 0.6 is 0 Å². The van der Waals surface area contributed by atoms with E-state index >= 15 is 0 Å². The molecule has 28 heavy (non-hydrogen) atoms. The van der Waals surface area contributed by atoms with E-state index in [0.29, 0.717) is 19.1 Å². The van der Waals surface area contributed by atoms with Crippen LogP contribution in [0.25, 0.3) is 0 Å². The fourth-order valence-corrected chi connectivity index (χ4v) is 4.74. The standard InChI is InChI=1S/C23H34F2O3/c1-3-5-16-6-8-17(9-7-16)18-11-13-21(27-14-18)28-15-19-10-12-20(26-4-2)23(25)22(19)24/h10,12,16-18,21H,3-9,11,13-15H2,1-2H3. The van der Waals surface area contributed by atoms with Gasteiger partial charge >= 0.3 is 0 Å². The van der Waals surface area contributed by atoms with Crippen molar-refractivity contribution in [1.82, 2.24) is 0 Å². The Morgan fingerprint density at radius 3 is 2.36 bits per heavy atom. The van der Waals surface area contributed by atoms with Crippen molar-refractivity contribution in [2.75, 3.05) is 13.2 Å². The van der Waals surface area contributed by atoms with Crippen molar-refractivity contribution in [1.29, 1.82) is 0 Å². The van der Waals surface area contributed by atoms with Crippen LogP contribution in [0, 0.1) is 29.4 Å². The Balaban J connectivity index is 1.42. The van der Waals surface area contributed by atoms with Crippen LogP contribution < -0.4 is 4.74 Å². The predicted molar refractivity (Wildman–Crippen MR) is 105 cm³/mol. The molecule has 1 heterocycles. The molecule has 158 valence electrons. The Bertz CT molecular complexity index is 606. The van der Waals surface area contributed by atoms with E-state index in [4.69, 9.17) is 14.2 Å². The van der Waals surface area contributed by atoms with E-state index in [-0.39, 0.29) is 24.2 Å². The first kappa shape index (κ1) is 21.5. The first-order valence-corrected chi connectivity index (χ1v) is 10.9. The average Bonchev–Trinajstić information content (AvgIpc) is 2.72. The SMILES string of the molecule is CCCC1CCC(C2CCC(OCc3ccc(OCC)c(F)c3F)OC2)CC1. The average molecular weight is 397 g/mol. The van der Waals surface area contributed by atoms with Crippen LogP contribution in [0.15, 0.2) is 12.1 Å². The summed E-state index contributed by atoms with van der Waals surface area (Å²) in [7, 11) is 0. The molecule has 2 unspecified atom stereocenters. The van der Waals surface area contributed by atoms with E-state index in [0.717, 1.165) is 24.7 Å². The fourth-order valence-electron chi connectivity index (χ4n) is 4.74. The summed E-state index contributed by atoms with van der Waals surface area (Å²) in [6.45, 7) is 5.03. The molecule has 1 aromatic carbocycles. The molecule has 2 fully saturated rings. The van der Waals surface area contributed by atoms with Gasteiger partial charge in [0.05, 0.1) is 19.8 Å². The maximum absolute atomic E-state index is 14.2. The Labute approximate surface area is 167 Å². The highest BCUT2D eigenvalue weighted by Gasteiger charge is 2.31. The van der Waals surface area contributed by atoms with Crippen molar-refractivity contribution in [3.05, 3.63) is 29.3 Å². The van der Waals surface area contributed by atoms with E-state index in [1.54, 1.807) is 6.92 Å². The topological polar surface area (TPSA) is 27.7 Å². The highest BCUT2D eigenvalue weighted by molar-refractivity contribution is 5.30.